The third-order valence-electron chi connectivity index (χ3n) is 1.10. The second kappa shape index (κ2) is 3.06. The molecule has 0 unspecified atom stereocenters. The molecule has 54 valence electrons. The summed E-state index contributed by atoms with van der Waals surface area (Å²) in [6.07, 6.45) is 0.790. The van der Waals surface area contributed by atoms with Crippen LogP contribution in [0.25, 0.3) is 0 Å². The molecule has 0 fully saturated rings. The van der Waals surface area contributed by atoms with E-state index in [4.69, 9.17) is 4.42 Å². The first kappa shape index (κ1) is 6.86. The van der Waals surface area contributed by atoms with Crippen LogP contribution in [0, 0.1) is 6.92 Å². The standard InChI is InChI=1S/C7H9NO2/c1-6-2-3-7(10-6)8-4-5-9/h2-3,5,8H,4H2,1H3. The molecule has 1 rings (SSSR count). The van der Waals surface area contributed by atoms with E-state index in [9.17, 15) is 4.79 Å². The fourth-order valence-corrected chi connectivity index (χ4v) is 0.672. The summed E-state index contributed by atoms with van der Waals surface area (Å²) in [6.45, 7) is 2.15. The number of carbonyl (C=O) groups is 1. The topological polar surface area (TPSA) is 42.2 Å². The highest BCUT2D eigenvalue weighted by Gasteiger charge is 1.93. The van der Waals surface area contributed by atoms with E-state index in [1.165, 1.54) is 0 Å². The Kier molecular flexibility index (Phi) is 2.10. The van der Waals surface area contributed by atoms with Crippen LogP contribution < -0.4 is 5.32 Å². The van der Waals surface area contributed by atoms with Crippen LogP contribution in [-0.2, 0) is 4.79 Å². The Morgan fingerprint density at radius 3 is 3.00 bits per heavy atom. The molecule has 0 atom stereocenters. The van der Waals surface area contributed by atoms with Crippen molar-refractivity contribution in [1.82, 2.24) is 0 Å². The van der Waals surface area contributed by atoms with Gasteiger partial charge >= 0.3 is 0 Å². The monoisotopic (exact) mass is 139 g/mol. The summed E-state index contributed by atoms with van der Waals surface area (Å²) in [6, 6.07) is 3.63. The van der Waals surface area contributed by atoms with Crippen LogP contribution in [0.1, 0.15) is 5.76 Å². The lowest BCUT2D eigenvalue weighted by molar-refractivity contribution is -0.106. The van der Waals surface area contributed by atoms with E-state index in [0.717, 1.165) is 12.0 Å². The van der Waals surface area contributed by atoms with Crippen molar-refractivity contribution in [3.63, 3.8) is 0 Å². The summed E-state index contributed by atoms with van der Waals surface area (Å²) in [5, 5.41) is 2.78. The maximum atomic E-state index is 9.88. The molecule has 10 heavy (non-hydrogen) atoms. The third kappa shape index (κ3) is 1.62. The van der Waals surface area contributed by atoms with Gasteiger partial charge in [0.05, 0.1) is 6.54 Å². The Hall–Kier alpha value is -1.25. The number of aryl methyl sites for hydroxylation is 1. The van der Waals surface area contributed by atoms with Gasteiger partial charge in [-0.2, -0.15) is 0 Å². The molecule has 1 N–H and O–H groups in total. The molecule has 0 aromatic carbocycles. The van der Waals surface area contributed by atoms with Gasteiger partial charge in [-0.15, -0.1) is 0 Å². The molecule has 1 aromatic rings. The zero-order valence-electron chi connectivity index (χ0n) is 5.76. The van der Waals surface area contributed by atoms with E-state index in [1.807, 2.05) is 13.0 Å². The summed E-state index contributed by atoms with van der Waals surface area (Å²) in [4.78, 5) is 9.88. The highest BCUT2D eigenvalue weighted by atomic mass is 16.4. The fraction of sp³-hybridized carbons (Fsp3) is 0.286. The predicted octanol–water partition coefficient (Wildman–Crippen LogP) is 1.20. The van der Waals surface area contributed by atoms with Gasteiger partial charge < -0.3 is 14.5 Å². The van der Waals surface area contributed by atoms with Crippen molar-refractivity contribution in [1.29, 1.82) is 0 Å². The molecule has 3 nitrogen and oxygen atoms in total. The summed E-state index contributed by atoms with van der Waals surface area (Å²) in [5.41, 5.74) is 0. The number of nitrogens with one attached hydrogen (secondary N) is 1. The number of rotatable bonds is 3. The number of hydrogen-bond donors (Lipinski definition) is 1. The molecule has 0 aliphatic heterocycles. The van der Waals surface area contributed by atoms with Crippen LogP contribution in [0.5, 0.6) is 0 Å². The Morgan fingerprint density at radius 1 is 1.70 bits per heavy atom. The predicted molar refractivity (Wildman–Crippen MR) is 38.0 cm³/mol. The molecule has 0 spiro atoms. The molecule has 0 saturated heterocycles. The molecule has 1 heterocycles. The summed E-state index contributed by atoms with van der Waals surface area (Å²) >= 11 is 0. The zero-order chi connectivity index (χ0) is 7.40. The number of anilines is 1. The van der Waals surface area contributed by atoms with E-state index in [0.29, 0.717) is 12.4 Å². The van der Waals surface area contributed by atoms with Gasteiger partial charge in [0.15, 0.2) is 5.88 Å². The SMILES string of the molecule is Cc1ccc(NCC=O)o1. The van der Waals surface area contributed by atoms with Gasteiger partial charge in [0.2, 0.25) is 0 Å². The average molecular weight is 139 g/mol. The van der Waals surface area contributed by atoms with Gasteiger partial charge in [0.1, 0.15) is 12.0 Å². The Balaban J connectivity index is 2.49. The molecule has 0 aliphatic rings. The minimum absolute atomic E-state index is 0.299. The highest BCUT2D eigenvalue weighted by molar-refractivity contribution is 5.57. The Labute approximate surface area is 59.0 Å². The summed E-state index contributed by atoms with van der Waals surface area (Å²) in [5.74, 6) is 1.48. The smallest absolute Gasteiger partial charge is 0.193 e. The molecule has 0 amide bonds. The highest BCUT2D eigenvalue weighted by Crippen LogP contribution is 2.10. The average Bonchev–Trinajstić information content (AvgIpc) is 2.31. The fourth-order valence-electron chi connectivity index (χ4n) is 0.672. The molecule has 0 aliphatic carbocycles. The van der Waals surface area contributed by atoms with Crippen molar-refractivity contribution >= 4 is 12.2 Å². The number of furan rings is 1. The van der Waals surface area contributed by atoms with Crippen LogP contribution in [-0.4, -0.2) is 12.8 Å². The van der Waals surface area contributed by atoms with Crippen molar-refractivity contribution in [2.45, 2.75) is 6.92 Å². The van der Waals surface area contributed by atoms with Crippen molar-refractivity contribution in [3.05, 3.63) is 17.9 Å². The first-order valence-corrected chi connectivity index (χ1v) is 3.07. The molecule has 0 radical (unpaired) electrons. The van der Waals surface area contributed by atoms with Crippen LogP contribution in [0.3, 0.4) is 0 Å². The van der Waals surface area contributed by atoms with Crippen molar-refractivity contribution in [2.24, 2.45) is 0 Å². The Bertz CT molecular complexity index is 217. The van der Waals surface area contributed by atoms with Gasteiger partial charge in [-0.25, -0.2) is 0 Å². The molecule has 0 saturated carbocycles. The first-order valence-electron chi connectivity index (χ1n) is 3.07. The van der Waals surface area contributed by atoms with E-state index in [2.05, 4.69) is 5.32 Å². The number of carbonyl (C=O) groups excluding carboxylic acids is 1. The second-order valence-corrected chi connectivity index (χ2v) is 1.96. The van der Waals surface area contributed by atoms with E-state index >= 15 is 0 Å². The third-order valence-corrected chi connectivity index (χ3v) is 1.10. The van der Waals surface area contributed by atoms with E-state index < -0.39 is 0 Å². The lowest BCUT2D eigenvalue weighted by atomic mass is 10.5. The maximum Gasteiger partial charge on any atom is 0.193 e. The summed E-state index contributed by atoms with van der Waals surface area (Å²) in [7, 11) is 0. The molecular weight excluding hydrogens is 130 g/mol. The normalized spacial score (nSPS) is 9.30. The number of aldehydes is 1. The molecule has 1 aromatic heterocycles. The quantitative estimate of drug-likeness (QED) is 0.640. The van der Waals surface area contributed by atoms with Crippen molar-refractivity contribution in [2.75, 3.05) is 11.9 Å². The van der Waals surface area contributed by atoms with Crippen molar-refractivity contribution < 1.29 is 9.21 Å². The van der Waals surface area contributed by atoms with Crippen LogP contribution in [0.15, 0.2) is 16.5 Å². The minimum Gasteiger partial charge on any atom is -0.446 e. The van der Waals surface area contributed by atoms with Gasteiger partial charge in [-0.1, -0.05) is 0 Å². The van der Waals surface area contributed by atoms with Crippen LogP contribution >= 0.6 is 0 Å². The lowest BCUT2D eigenvalue weighted by Crippen LogP contribution is -2.00. The van der Waals surface area contributed by atoms with E-state index in [1.54, 1.807) is 6.07 Å². The van der Waals surface area contributed by atoms with Gasteiger partial charge in [-0.05, 0) is 13.0 Å². The molecule has 0 bridgehead atoms. The van der Waals surface area contributed by atoms with Gasteiger partial charge in [0.25, 0.3) is 0 Å². The van der Waals surface area contributed by atoms with Gasteiger partial charge in [-0.3, -0.25) is 0 Å². The maximum absolute atomic E-state index is 9.88. The van der Waals surface area contributed by atoms with Gasteiger partial charge in [0, 0.05) is 6.07 Å². The number of hydrogen-bond acceptors (Lipinski definition) is 3. The largest absolute Gasteiger partial charge is 0.446 e. The zero-order valence-corrected chi connectivity index (χ0v) is 5.76. The minimum atomic E-state index is 0.299. The molecular formula is C7H9NO2. The lowest BCUT2D eigenvalue weighted by Gasteiger charge is -1.93. The second-order valence-electron chi connectivity index (χ2n) is 1.96. The molecule has 3 heteroatoms. The van der Waals surface area contributed by atoms with Crippen LogP contribution in [0.4, 0.5) is 5.88 Å². The summed E-state index contributed by atoms with van der Waals surface area (Å²) < 4.78 is 5.12. The van der Waals surface area contributed by atoms with Crippen LogP contribution in [0.2, 0.25) is 0 Å². The van der Waals surface area contributed by atoms with Crippen molar-refractivity contribution in [3.8, 4) is 0 Å². The van der Waals surface area contributed by atoms with E-state index in [-0.39, 0.29) is 0 Å². The first-order chi connectivity index (χ1) is 4.83. The Morgan fingerprint density at radius 2 is 2.50 bits per heavy atom.